The molecule has 6 rings (SSSR count). The molecule has 2 saturated heterocycles. The number of piperazine rings is 1. The maximum Gasteiger partial charge on any atom is 0.213 e. The predicted octanol–water partition coefficient (Wildman–Crippen LogP) is 3.85. The minimum atomic E-state index is 0.525. The van der Waals surface area contributed by atoms with Gasteiger partial charge in [-0.25, -0.2) is 4.98 Å². The van der Waals surface area contributed by atoms with Crippen LogP contribution in [0.25, 0.3) is 11.0 Å². The number of benzene rings is 1. The highest BCUT2D eigenvalue weighted by Gasteiger charge is 2.34. The first-order valence-electron chi connectivity index (χ1n) is 12.4. The van der Waals surface area contributed by atoms with E-state index in [2.05, 4.69) is 47.6 Å². The maximum absolute atomic E-state index is 6.07. The normalized spacial score (nSPS) is 20.7. The smallest absolute Gasteiger partial charge is 0.213 e. The number of para-hydroxylation sites is 1. The largest absolute Gasteiger partial charge is 0.477 e. The van der Waals surface area contributed by atoms with Gasteiger partial charge < -0.3 is 19.5 Å². The van der Waals surface area contributed by atoms with Crippen LogP contribution in [0.5, 0.6) is 5.88 Å². The van der Waals surface area contributed by atoms with Crippen molar-refractivity contribution in [1.82, 2.24) is 25.2 Å². The van der Waals surface area contributed by atoms with Gasteiger partial charge in [0, 0.05) is 68.7 Å². The summed E-state index contributed by atoms with van der Waals surface area (Å²) in [4.78, 5) is 9.51. The van der Waals surface area contributed by atoms with Crippen LogP contribution in [-0.2, 0) is 6.54 Å². The Balaban J connectivity index is 0.980. The molecule has 9 nitrogen and oxygen atoms in total. The Morgan fingerprint density at radius 3 is 2.94 bits per heavy atom. The molecule has 4 aromatic rings. The summed E-state index contributed by atoms with van der Waals surface area (Å²) in [6.45, 7) is 7.45. The fourth-order valence-electron chi connectivity index (χ4n) is 5.19. The molecule has 0 aliphatic carbocycles. The molecular weight excluding hydrogens is 442 g/mol. The van der Waals surface area contributed by atoms with Gasteiger partial charge in [-0.1, -0.05) is 23.4 Å². The SMILES string of the molecule is Cc1cc(NCc2ccc(OC[C@@H]3CC[C@@H]4CN(c5noc6ccccc56)CCN4C3)nc2)n[nH]1. The summed E-state index contributed by atoms with van der Waals surface area (Å²) in [5.74, 6) is 3.04. The first-order valence-corrected chi connectivity index (χ1v) is 12.4. The molecule has 0 saturated carbocycles. The van der Waals surface area contributed by atoms with Crippen molar-refractivity contribution < 1.29 is 9.26 Å². The highest BCUT2D eigenvalue weighted by atomic mass is 16.5. The molecule has 2 N–H and O–H groups in total. The van der Waals surface area contributed by atoms with Crippen molar-refractivity contribution >= 4 is 22.6 Å². The van der Waals surface area contributed by atoms with Crippen LogP contribution in [0.2, 0.25) is 0 Å². The van der Waals surface area contributed by atoms with Gasteiger partial charge in [0.25, 0.3) is 0 Å². The second-order valence-corrected chi connectivity index (χ2v) is 9.65. The van der Waals surface area contributed by atoms with E-state index in [1.807, 2.05) is 43.5 Å². The number of aromatic nitrogens is 4. The Hall–Kier alpha value is -3.59. The average molecular weight is 474 g/mol. The van der Waals surface area contributed by atoms with Crippen molar-refractivity contribution in [3.63, 3.8) is 0 Å². The van der Waals surface area contributed by atoms with E-state index in [0.29, 0.717) is 31.0 Å². The number of aromatic amines is 1. The van der Waals surface area contributed by atoms with Gasteiger partial charge in [0.1, 0.15) is 5.82 Å². The fraction of sp³-hybridized carbons (Fsp3) is 0.423. The number of nitrogens with zero attached hydrogens (tertiary/aromatic N) is 5. The molecule has 0 radical (unpaired) electrons. The summed E-state index contributed by atoms with van der Waals surface area (Å²) >= 11 is 0. The molecule has 0 amide bonds. The van der Waals surface area contributed by atoms with Gasteiger partial charge in [-0.2, -0.15) is 5.10 Å². The minimum absolute atomic E-state index is 0.525. The van der Waals surface area contributed by atoms with E-state index in [9.17, 15) is 0 Å². The lowest BCUT2D eigenvalue weighted by Crippen LogP contribution is -2.57. The topological polar surface area (TPSA) is 95.3 Å². The molecule has 2 aliphatic rings. The van der Waals surface area contributed by atoms with Crippen molar-refractivity contribution in [2.24, 2.45) is 5.92 Å². The molecule has 2 fully saturated rings. The molecule has 2 aliphatic heterocycles. The Labute approximate surface area is 204 Å². The van der Waals surface area contributed by atoms with Crippen molar-refractivity contribution in [2.45, 2.75) is 32.4 Å². The average Bonchev–Trinajstić information content (AvgIpc) is 3.52. The van der Waals surface area contributed by atoms with E-state index in [0.717, 1.165) is 60.0 Å². The van der Waals surface area contributed by atoms with Gasteiger partial charge in [0.05, 0.1) is 12.0 Å². The third-order valence-corrected chi connectivity index (χ3v) is 7.11. The van der Waals surface area contributed by atoms with Gasteiger partial charge in [-0.3, -0.25) is 10.00 Å². The summed E-state index contributed by atoms with van der Waals surface area (Å²) in [5.41, 5.74) is 2.99. The van der Waals surface area contributed by atoms with Crippen LogP contribution in [0.15, 0.2) is 53.2 Å². The Morgan fingerprint density at radius 2 is 2.09 bits per heavy atom. The molecule has 0 unspecified atom stereocenters. The molecule has 182 valence electrons. The Morgan fingerprint density at radius 1 is 1.14 bits per heavy atom. The second kappa shape index (κ2) is 9.58. The number of rotatable bonds is 7. The van der Waals surface area contributed by atoms with Crippen LogP contribution in [-0.4, -0.2) is 64.1 Å². The lowest BCUT2D eigenvalue weighted by atomic mass is 9.91. The van der Waals surface area contributed by atoms with Crippen LogP contribution >= 0.6 is 0 Å². The van der Waals surface area contributed by atoms with E-state index in [4.69, 9.17) is 9.26 Å². The van der Waals surface area contributed by atoms with Gasteiger partial charge >= 0.3 is 0 Å². The van der Waals surface area contributed by atoms with Crippen molar-refractivity contribution in [2.75, 3.05) is 43.0 Å². The zero-order chi connectivity index (χ0) is 23.6. The Kier molecular flexibility index (Phi) is 5.99. The first kappa shape index (κ1) is 21.9. The number of H-pyrrole nitrogens is 1. The van der Waals surface area contributed by atoms with Crippen LogP contribution < -0.4 is 15.0 Å². The molecule has 5 heterocycles. The lowest BCUT2D eigenvalue weighted by molar-refractivity contribution is 0.0717. The van der Waals surface area contributed by atoms with Gasteiger partial charge in [0.2, 0.25) is 5.88 Å². The summed E-state index contributed by atoms with van der Waals surface area (Å²) in [7, 11) is 0. The standard InChI is InChI=1S/C26H31N7O2/c1-18-12-24(30-29-18)27-13-19-7-9-25(28-14-19)34-17-20-6-8-21-16-33(11-10-32(21)15-20)26-22-4-2-3-5-23(22)35-31-26/h2-5,7,9,12,14,20-21H,6,8,10-11,13,15-17H2,1H3,(H2,27,29,30)/t20-,21-/m1/s1. The highest BCUT2D eigenvalue weighted by Crippen LogP contribution is 2.31. The predicted molar refractivity (Wildman–Crippen MR) is 135 cm³/mol. The van der Waals surface area contributed by atoms with Crippen LogP contribution in [0.3, 0.4) is 0 Å². The molecule has 1 aromatic carbocycles. The second-order valence-electron chi connectivity index (χ2n) is 9.65. The quantitative estimate of drug-likeness (QED) is 0.418. The van der Waals surface area contributed by atoms with Crippen molar-refractivity contribution in [1.29, 1.82) is 0 Å². The number of pyridine rings is 1. The number of nitrogens with one attached hydrogen (secondary N) is 2. The molecule has 0 bridgehead atoms. The number of piperidine rings is 1. The van der Waals surface area contributed by atoms with E-state index in [-0.39, 0.29) is 0 Å². The zero-order valence-electron chi connectivity index (χ0n) is 20.0. The van der Waals surface area contributed by atoms with E-state index in [1.165, 1.54) is 12.8 Å². The number of fused-ring (bicyclic) bond motifs is 2. The molecular formula is C26H31N7O2. The third kappa shape index (κ3) is 4.81. The van der Waals surface area contributed by atoms with Crippen LogP contribution in [0.4, 0.5) is 11.6 Å². The highest BCUT2D eigenvalue weighted by molar-refractivity contribution is 5.88. The van der Waals surface area contributed by atoms with Gasteiger partial charge in [-0.05, 0) is 37.5 Å². The maximum atomic E-state index is 6.07. The molecule has 35 heavy (non-hydrogen) atoms. The summed E-state index contributed by atoms with van der Waals surface area (Å²) < 4.78 is 11.6. The van der Waals surface area contributed by atoms with E-state index >= 15 is 0 Å². The lowest BCUT2D eigenvalue weighted by Gasteiger charge is -2.46. The van der Waals surface area contributed by atoms with Crippen LogP contribution in [0.1, 0.15) is 24.1 Å². The first-order chi connectivity index (χ1) is 17.2. The summed E-state index contributed by atoms with van der Waals surface area (Å²) in [5, 5.41) is 15.9. The number of ether oxygens (including phenoxy) is 1. The molecule has 2 atom stereocenters. The molecule has 9 heteroatoms. The van der Waals surface area contributed by atoms with E-state index in [1.54, 1.807) is 0 Å². The zero-order valence-corrected chi connectivity index (χ0v) is 20.0. The third-order valence-electron chi connectivity index (χ3n) is 7.11. The van der Waals surface area contributed by atoms with Crippen LogP contribution in [0, 0.1) is 12.8 Å². The number of hydrogen-bond acceptors (Lipinski definition) is 8. The fourth-order valence-corrected chi connectivity index (χ4v) is 5.19. The number of hydrogen-bond donors (Lipinski definition) is 2. The molecule has 3 aromatic heterocycles. The Bertz CT molecular complexity index is 1270. The summed E-state index contributed by atoms with van der Waals surface area (Å²) in [6, 6.07) is 14.7. The molecule has 0 spiro atoms. The van der Waals surface area contributed by atoms with E-state index < -0.39 is 0 Å². The van der Waals surface area contributed by atoms with Gasteiger partial charge in [0.15, 0.2) is 11.4 Å². The number of anilines is 2. The number of aryl methyl sites for hydroxylation is 1. The minimum Gasteiger partial charge on any atom is -0.477 e. The monoisotopic (exact) mass is 473 g/mol. The van der Waals surface area contributed by atoms with Crippen molar-refractivity contribution in [3.8, 4) is 5.88 Å². The summed E-state index contributed by atoms with van der Waals surface area (Å²) in [6.07, 6.45) is 4.20. The van der Waals surface area contributed by atoms with Gasteiger partial charge in [-0.15, -0.1) is 0 Å². The van der Waals surface area contributed by atoms with Crippen molar-refractivity contribution in [3.05, 3.63) is 59.9 Å².